The van der Waals surface area contributed by atoms with Crippen molar-refractivity contribution >= 4 is 9.84 Å². The summed E-state index contributed by atoms with van der Waals surface area (Å²) >= 11 is 0. The molecule has 0 aliphatic carbocycles. The molecule has 102 valence electrons. The van der Waals surface area contributed by atoms with Crippen molar-refractivity contribution in [3.8, 4) is 0 Å². The van der Waals surface area contributed by atoms with Gasteiger partial charge < -0.3 is 9.73 Å². The second kappa shape index (κ2) is 5.59. The number of furan rings is 1. The largest absolute Gasteiger partial charge is 0.472 e. The van der Waals surface area contributed by atoms with Crippen LogP contribution in [0.2, 0.25) is 0 Å². The monoisotopic (exact) mass is 279 g/mol. The van der Waals surface area contributed by atoms with E-state index in [0.29, 0.717) is 4.90 Å². The Morgan fingerprint density at radius 3 is 2.32 bits per heavy atom. The molecule has 0 aliphatic heterocycles. The van der Waals surface area contributed by atoms with Crippen molar-refractivity contribution in [2.75, 3.05) is 12.8 Å². The Labute approximate surface area is 113 Å². The molecule has 1 aromatic heterocycles. The zero-order valence-electron chi connectivity index (χ0n) is 11.0. The quantitative estimate of drug-likeness (QED) is 0.913. The van der Waals surface area contributed by atoms with Crippen molar-refractivity contribution in [3.63, 3.8) is 0 Å². The van der Waals surface area contributed by atoms with Gasteiger partial charge in [-0.2, -0.15) is 0 Å². The fourth-order valence-electron chi connectivity index (χ4n) is 1.98. The summed E-state index contributed by atoms with van der Waals surface area (Å²) in [5.74, 6) is 0. The maximum Gasteiger partial charge on any atom is 0.175 e. The first-order chi connectivity index (χ1) is 9.02. The molecule has 0 fully saturated rings. The van der Waals surface area contributed by atoms with E-state index in [2.05, 4.69) is 5.32 Å². The van der Waals surface area contributed by atoms with Crippen LogP contribution in [0.25, 0.3) is 0 Å². The van der Waals surface area contributed by atoms with Crippen LogP contribution >= 0.6 is 0 Å². The number of sulfone groups is 1. The van der Waals surface area contributed by atoms with Crippen LogP contribution in [0.1, 0.15) is 24.1 Å². The maximum atomic E-state index is 11.4. The molecule has 5 heteroatoms. The summed E-state index contributed by atoms with van der Waals surface area (Å²) < 4.78 is 28.0. The van der Waals surface area contributed by atoms with Gasteiger partial charge in [0.15, 0.2) is 9.84 Å². The van der Waals surface area contributed by atoms with Gasteiger partial charge in [0.05, 0.1) is 23.5 Å². The highest BCUT2D eigenvalue weighted by Crippen LogP contribution is 2.23. The Kier molecular flexibility index (Phi) is 4.07. The summed E-state index contributed by atoms with van der Waals surface area (Å²) in [6.07, 6.45) is 4.53. The van der Waals surface area contributed by atoms with Gasteiger partial charge in [-0.3, -0.25) is 0 Å². The Morgan fingerprint density at radius 1 is 1.16 bits per heavy atom. The smallest absolute Gasteiger partial charge is 0.175 e. The molecule has 2 aromatic rings. The molecule has 1 aromatic carbocycles. The maximum absolute atomic E-state index is 11.4. The first-order valence-corrected chi connectivity index (χ1v) is 7.97. The molecule has 1 heterocycles. The molecule has 0 saturated carbocycles. The van der Waals surface area contributed by atoms with E-state index in [0.717, 1.165) is 17.7 Å². The molecule has 0 saturated heterocycles. The summed E-state index contributed by atoms with van der Waals surface area (Å²) in [7, 11) is -3.15. The van der Waals surface area contributed by atoms with Gasteiger partial charge in [-0.25, -0.2) is 8.42 Å². The van der Waals surface area contributed by atoms with Gasteiger partial charge in [0, 0.05) is 11.8 Å². The highest BCUT2D eigenvalue weighted by Gasteiger charge is 2.15. The van der Waals surface area contributed by atoms with Crippen molar-refractivity contribution < 1.29 is 12.8 Å². The Hall–Kier alpha value is -1.59. The van der Waals surface area contributed by atoms with Crippen LogP contribution in [0.4, 0.5) is 0 Å². The van der Waals surface area contributed by atoms with Gasteiger partial charge in [0.1, 0.15) is 0 Å². The lowest BCUT2D eigenvalue weighted by Gasteiger charge is -2.17. The first kappa shape index (κ1) is 13.8. The van der Waals surface area contributed by atoms with Crippen molar-refractivity contribution in [3.05, 3.63) is 54.0 Å². The lowest BCUT2D eigenvalue weighted by molar-refractivity contribution is 0.553. The number of hydrogen-bond acceptors (Lipinski definition) is 4. The van der Waals surface area contributed by atoms with E-state index in [4.69, 9.17) is 4.42 Å². The molecule has 4 nitrogen and oxygen atoms in total. The molecule has 1 N–H and O–H groups in total. The number of benzene rings is 1. The van der Waals surface area contributed by atoms with Crippen LogP contribution < -0.4 is 5.32 Å². The number of hydrogen-bond donors (Lipinski definition) is 1. The van der Waals surface area contributed by atoms with Crippen molar-refractivity contribution in [1.29, 1.82) is 0 Å². The van der Waals surface area contributed by atoms with Gasteiger partial charge in [0.25, 0.3) is 0 Å². The highest BCUT2D eigenvalue weighted by molar-refractivity contribution is 7.90. The van der Waals surface area contributed by atoms with E-state index in [1.807, 2.05) is 25.1 Å². The third kappa shape index (κ3) is 3.24. The molecule has 2 rings (SSSR count). The SMILES string of the molecule is CCNC(c1ccc(S(C)(=O)=O)cc1)c1ccoc1. The minimum Gasteiger partial charge on any atom is -0.472 e. The molecule has 1 atom stereocenters. The molecule has 0 aliphatic rings. The summed E-state index contributed by atoms with van der Waals surface area (Å²) in [6, 6.07) is 8.84. The van der Waals surface area contributed by atoms with E-state index in [-0.39, 0.29) is 6.04 Å². The van der Waals surface area contributed by atoms with Gasteiger partial charge in [0.2, 0.25) is 0 Å². The predicted molar refractivity (Wildman–Crippen MR) is 73.8 cm³/mol. The fraction of sp³-hybridized carbons (Fsp3) is 0.286. The van der Waals surface area contributed by atoms with E-state index in [9.17, 15) is 8.42 Å². The Morgan fingerprint density at radius 2 is 1.84 bits per heavy atom. The Bertz CT molecular complexity index is 615. The molecule has 0 amide bonds. The van der Waals surface area contributed by atoms with Gasteiger partial charge in [-0.15, -0.1) is 0 Å². The van der Waals surface area contributed by atoms with E-state index in [1.54, 1.807) is 24.7 Å². The van der Waals surface area contributed by atoms with Crippen molar-refractivity contribution in [2.24, 2.45) is 0 Å². The van der Waals surface area contributed by atoms with E-state index < -0.39 is 9.84 Å². The average Bonchev–Trinajstić information content (AvgIpc) is 2.89. The number of rotatable bonds is 5. The van der Waals surface area contributed by atoms with Crippen LogP contribution in [-0.4, -0.2) is 21.2 Å². The number of nitrogens with one attached hydrogen (secondary N) is 1. The van der Waals surface area contributed by atoms with Crippen LogP contribution in [0.5, 0.6) is 0 Å². The minimum atomic E-state index is -3.15. The molecule has 1 unspecified atom stereocenters. The zero-order chi connectivity index (χ0) is 13.9. The first-order valence-electron chi connectivity index (χ1n) is 6.08. The standard InChI is InChI=1S/C14H17NO3S/c1-3-15-14(12-8-9-18-10-12)11-4-6-13(7-5-11)19(2,16)17/h4-10,14-15H,3H2,1-2H3. The summed E-state index contributed by atoms with van der Waals surface area (Å²) in [6.45, 7) is 2.83. The van der Waals surface area contributed by atoms with Crippen LogP contribution in [-0.2, 0) is 9.84 Å². The molecule has 0 radical (unpaired) electrons. The normalized spacial score (nSPS) is 13.4. The summed E-state index contributed by atoms with van der Waals surface area (Å²) in [5, 5.41) is 3.35. The van der Waals surface area contributed by atoms with Gasteiger partial charge in [-0.05, 0) is 30.3 Å². The molecular formula is C14H17NO3S. The van der Waals surface area contributed by atoms with Gasteiger partial charge >= 0.3 is 0 Å². The Balaban J connectivity index is 2.33. The van der Waals surface area contributed by atoms with Crippen molar-refractivity contribution in [2.45, 2.75) is 17.9 Å². The molecular weight excluding hydrogens is 262 g/mol. The lowest BCUT2D eigenvalue weighted by Crippen LogP contribution is -2.21. The minimum absolute atomic E-state index is 0.0114. The van der Waals surface area contributed by atoms with E-state index >= 15 is 0 Å². The summed E-state index contributed by atoms with van der Waals surface area (Å²) in [5.41, 5.74) is 2.03. The predicted octanol–water partition coefficient (Wildman–Crippen LogP) is 2.38. The molecule has 19 heavy (non-hydrogen) atoms. The zero-order valence-corrected chi connectivity index (χ0v) is 11.8. The molecule has 0 spiro atoms. The molecule has 0 bridgehead atoms. The topological polar surface area (TPSA) is 59.3 Å². The summed E-state index contributed by atoms with van der Waals surface area (Å²) in [4.78, 5) is 0.332. The highest BCUT2D eigenvalue weighted by atomic mass is 32.2. The second-order valence-electron chi connectivity index (χ2n) is 4.39. The van der Waals surface area contributed by atoms with Gasteiger partial charge in [-0.1, -0.05) is 19.1 Å². The van der Waals surface area contributed by atoms with Crippen LogP contribution in [0.3, 0.4) is 0 Å². The van der Waals surface area contributed by atoms with E-state index in [1.165, 1.54) is 6.26 Å². The van der Waals surface area contributed by atoms with Crippen LogP contribution in [0, 0.1) is 0 Å². The average molecular weight is 279 g/mol. The van der Waals surface area contributed by atoms with Crippen molar-refractivity contribution in [1.82, 2.24) is 5.32 Å². The third-order valence-electron chi connectivity index (χ3n) is 2.93. The fourth-order valence-corrected chi connectivity index (χ4v) is 2.61. The lowest BCUT2D eigenvalue weighted by atomic mass is 10.0. The third-order valence-corrected chi connectivity index (χ3v) is 4.05. The second-order valence-corrected chi connectivity index (χ2v) is 6.40. The van der Waals surface area contributed by atoms with Crippen LogP contribution in [0.15, 0.2) is 52.2 Å².